The standard InChI is InChI=1S/C39H53IO5/c1-39-26-33(27-11-14-29(15-12-27)41-22-6-2-5-21-40)38-31-18-16-30(44-36-9-3-7-23-42-36)25-28(31)13-17-32(38)34(39)19-20-35(39)45-37-10-4-8-24-43-37/h11-12,14-16,18,25,32-38H,2-10,13,17,19-24,26H2,1H3/t32-,33+,34-,35-,36?,37?,38+,39-/m0/s1. The summed E-state index contributed by atoms with van der Waals surface area (Å²) in [6.07, 6.45) is 16.4. The third-order valence-corrected chi connectivity index (χ3v) is 12.6. The zero-order valence-corrected chi connectivity index (χ0v) is 29.4. The van der Waals surface area contributed by atoms with Gasteiger partial charge in [-0.25, -0.2) is 0 Å². The molecule has 2 aromatic rings. The summed E-state index contributed by atoms with van der Waals surface area (Å²) in [5, 5.41) is 0. The number of aryl methyl sites for hydroxylation is 1. The van der Waals surface area contributed by atoms with E-state index in [0.29, 0.717) is 23.7 Å². The number of fused-ring (bicyclic) bond motifs is 5. The molecular weight excluding hydrogens is 675 g/mol. The second kappa shape index (κ2) is 14.8. The highest BCUT2D eigenvalue weighted by Crippen LogP contribution is 2.66. The first-order valence-electron chi connectivity index (χ1n) is 18.1. The summed E-state index contributed by atoms with van der Waals surface area (Å²) in [4.78, 5) is 0. The lowest BCUT2D eigenvalue weighted by Gasteiger charge is -2.54. The van der Waals surface area contributed by atoms with Crippen molar-refractivity contribution in [2.24, 2.45) is 17.3 Å². The zero-order chi connectivity index (χ0) is 30.6. The van der Waals surface area contributed by atoms with Gasteiger partial charge in [0.1, 0.15) is 11.5 Å². The molecule has 0 radical (unpaired) electrons. The van der Waals surface area contributed by atoms with Gasteiger partial charge in [0.05, 0.1) is 19.3 Å². The third-order valence-electron chi connectivity index (χ3n) is 11.8. The van der Waals surface area contributed by atoms with Crippen LogP contribution in [0.2, 0.25) is 0 Å². The van der Waals surface area contributed by atoms with Crippen LogP contribution < -0.4 is 9.47 Å². The summed E-state index contributed by atoms with van der Waals surface area (Å²) < 4.78 is 32.6. The van der Waals surface area contributed by atoms with E-state index < -0.39 is 0 Å². The smallest absolute Gasteiger partial charge is 0.199 e. The average Bonchev–Trinajstić information content (AvgIpc) is 3.40. The Labute approximate surface area is 284 Å². The Morgan fingerprint density at radius 3 is 2.36 bits per heavy atom. The van der Waals surface area contributed by atoms with Crippen molar-refractivity contribution in [3.05, 3.63) is 59.2 Å². The van der Waals surface area contributed by atoms with Gasteiger partial charge in [-0.2, -0.15) is 0 Å². The minimum Gasteiger partial charge on any atom is -0.494 e. The monoisotopic (exact) mass is 728 g/mol. The molecule has 0 bridgehead atoms. The van der Waals surface area contributed by atoms with Gasteiger partial charge in [0.2, 0.25) is 0 Å². The van der Waals surface area contributed by atoms with Gasteiger partial charge in [0.15, 0.2) is 12.6 Å². The predicted octanol–water partition coefficient (Wildman–Crippen LogP) is 9.74. The van der Waals surface area contributed by atoms with Crippen LogP contribution in [0.5, 0.6) is 11.5 Å². The average molecular weight is 729 g/mol. The van der Waals surface area contributed by atoms with Gasteiger partial charge in [-0.05, 0) is 158 Å². The Kier molecular flexibility index (Phi) is 10.6. The number of hydrogen-bond donors (Lipinski definition) is 0. The van der Waals surface area contributed by atoms with E-state index in [1.54, 1.807) is 5.56 Å². The number of alkyl halides is 1. The van der Waals surface area contributed by atoms with Crippen LogP contribution in [-0.4, -0.2) is 42.9 Å². The molecule has 0 aromatic heterocycles. The van der Waals surface area contributed by atoms with Crippen LogP contribution in [0.1, 0.15) is 119 Å². The van der Waals surface area contributed by atoms with E-state index in [4.69, 9.17) is 23.7 Å². The molecule has 0 N–H and O–H groups in total. The lowest BCUT2D eigenvalue weighted by molar-refractivity contribution is -0.213. The Morgan fingerprint density at radius 2 is 1.60 bits per heavy atom. The van der Waals surface area contributed by atoms with Crippen LogP contribution in [0, 0.1) is 17.3 Å². The lowest BCUT2D eigenvalue weighted by atomic mass is 9.51. The molecule has 6 heteroatoms. The summed E-state index contributed by atoms with van der Waals surface area (Å²) in [5.41, 5.74) is 4.63. The highest BCUT2D eigenvalue weighted by atomic mass is 127. The van der Waals surface area contributed by atoms with Crippen LogP contribution in [0.3, 0.4) is 0 Å². The second-order valence-electron chi connectivity index (χ2n) is 14.6. The summed E-state index contributed by atoms with van der Waals surface area (Å²) in [6.45, 7) is 5.01. The van der Waals surface area contributed by atoms with Crippen molar-refractivity contribution in [3.8, 4) is 11.5 Å². The molecule has 7 rings (SSSR count). The molecule has 5 aliphatic rings. The number of rotatable bonds is 11. The molecule has 0 spiro atoms. The van der Waals surface area contributed by atoms with E-state index in [-0.39, 0.29) is 24.1 Å². The maximum absolute atomic E-state index is 6.87. The van der Waals surface area contributed by atoms with Gasteiger partial charge in [-0.15, -0.1) is 0 Å². The SMILES string of the molecule is C[C@]12C[C@H](c3ccc(OCCCCCI)cc3)[C@@H]3c4ccc(OC5CCCCO5)cc4CC[C@H]3[C@@H]1CC[C@@H]2OC1CCCCO1. The van der Waals surface area contributed by atoms with E-state index >= 15 is 0 Å². The molecule has 0 amide bonds. The molecule has 45 heavy (non-hydrogen) atoms. The van der Waals surface area contributed by atoms with E-state index in [2.05, 4.69) is 72.0 Å². The van der Waals surface area contributed by atoms with Crippen molar-refractivity contribution in [3.63, 3.8) is 0 Å². The Bertz CT molecular complexity index is 1240. The summed E-state index contributed by atoms with van der Waals surface area (Å²) in [6, 6.07) is 16.1. The fourth-order valence-electron chi connectivity index (χ4n) is 9.59. The maximum atomic E-state index is 6.87. The molecule has 246 valence electrons. The van der Waals surface area contributed by atoms with E-state index in [1.807, 2.05) is 0 Å². The molecule has 2 aromatic carbocycles. The number of benzene rings is 2. The Hall–Kier alpha value is -1.35. The third kappa shape index (κ3) is 7.10. The molecule has 2 unspecified atom stereocenters. The molecular formula is C39H53IO5. The van der Waals surface area contributed by atoms with Crippen molar-refractivity contribution in [1.82, 2.24) is 0 Å². The highest BCUT2D eigenvalue weighted by Gasteiger charge is 2.59. The van der Waals surface area contributed by atoms with E-state index in [9.17, 15) is 0 Å². The van der Waals surface area contributed by atoms with E-state index in [1.165, 1.54) is 54.1 Å². The second-order valence-corrected chi connectivity index (χ2v) is 15.7. The van der Waals surface area contributed by atoms with Gasteiger partial charge < -0.3 is 23.7 Å². The summed E-state index contributed by atoms with van der Waals surface area (Å²) in [5.74, 6) is 4.26. The van der Waals surface area contributed by atoms with E-state index in [0.717, 1.165) is 82.7 Å². The van der Waals surface area contributed by atoms with Crippen LogP contribution in [0.25, 0.3) is 0 Å². The minimum atomic E-state index is -0.105. The van der Waals surface area contributed by atoms with Crippen molar-refractivity contribution in [2.75, 3.05) is 24.2 Å². The highest BCUT2D eigenvalue weighted by molar-refractivity contribution is 14.1. The maximum Gasteiger partial charge on any atom is 0.199 e. The largest absolute Gasteiger partial charge is 0.494 e. The predicted molar refractivity (Wildman–Crippen MR) is 187 cm³/mol. The van der Waals surface area contributed by atoms with Gasteiger partial charge in [-0.1, -0.05) is 47.7 Å². The Morgan fingerprint density at radius 1 is 0.822 bits per heavy atom. The zero-order valence-electron chi connectivity index (χ0n) is 27.2. The number of hydrogen-bond acceptors (Lipinski definition) is 5. The van der Waals surface area contributed by atoms with Crippen LogP contribution in [-0.2, 0) is 20.6 Å². The molecule has 2 aliphatic heterocycles. The molecule has 2 heterocycles. The molecule has 5 nitrogen and oxygen atoms in total. The van der Waals surface area contributed by atoms with Crippen LogP contribution in [0.15, 0.2) is 42.5 Å². The van der Waals surface area contributed by atoms with Crippen molar-refractivity contribution in [1.29, 1.82) is 0 Å². The van der Waals surface area contributed by atoms with Gasteiger partial charge in [0, 0.05) is 13.0 Å². The van der Waals surface area contributed by atoms with Gasteiger partial charge in [-0.3, -0.25) is 0 Å². The van der Waals surface area contributed by atoms with Crippen molar-refractivity contribution in [2.45, 2.75) is 127 Å². The molecule has 2 saturated carbocycles. The quantitative estimate of drug-likeness (QED) is 0.131. The first-order chi connectivity index (χ1) is 22.1. The fourth-order valence-corrected chi connectivity index (χ4v) is 10.1. The molecule has 4 fully saturated rings. The Balaban J connectivity index is 1.15. The topological polar surface area (TPSA) is 46.2 Å². The van der Waals surface area contributed by atoms with Gasteiger partial charge >= 0.3 is 0 Å². The molecule has 2 saturated heterocycles. The number of halogens is 1. The minimum absolute atomic E-state index is 0.0255. The number of unbranched alkanes of at least 4 members (excludes halogenated alkanes) is 2. The van der Waals surface area contributed by atoms with Crippen molar-refractivity contribution < 1.29 is 23.7 Å². The normalized spacial score (nSPS) is 34.4. The summed E-state index contributed by atoms with van der Waals surface area (Å²) >= 11 is 2.46. The van der Waals surface area contributed by atoms with Gasteiger partial charge in [0.25, 0.3) is 0 Å². The first-order valence-corrected chi connectivity index (χ1v) is 19.6. The molecule has 8 atom stereocenters. The fraction of sp³-hybridized carbons (Fsp3) is 0.692. The first kappa shape index (κ1) is 32.2. The molecule has 3 aliphatic carbocycles. The summed E-state index contributed by atoms with van der Waals surface area (Å²) in [7, 11) is 0. The number of ether oxygens (including phenoxy) is 5. The van der Waals surface area contributed by atoms with Crippen molar-refractivity contribution >= 4 is 22.6 Å². The van der Waals surface area contributed by atoms with Crippen LogP contribution in [0.4, 0.5) is 0 Å². The van der Waals surface area contributed by atoms with Crippen LogP contribution >= 0.6 is 22.6 Å². The lowest BCUT2D eigenvalue weighted by Crippen LogP contribution is -2.48.